The lowest BCUT2D eigenvalue weighted by Gasteiger charge is -2.07. The summed E-state index contributed by atoms with van der Waals surface area (Å²) < 4.78 is 27.7. The molecule has 0 aliphatic rings. The predicted octanol–water partition coefficient (Wildman–Crippen LogP) is 6.87. The second-order valence-electron chi connectivity index (χ2n) is 7.11. The molecule has 0 radical (unpaired) electrons. The first-order valence-electron chi connectivity index (χ1n) is 9.75. The van der Waals surface area contributed by atoms with Gasteiger partial charge in [0, 0.05) is 26.8 Å². The van der Waals surface area contributed by atoms with Crippen LogP contribution in [0.1, 0.15) is 27.6 Å². The molecule has 0 fully saturated rings. The highest BCUT2D eigenvalue weighted by atomic mass is 79.9. The molecular formula is C23H17BrCl2FN3O3. The van der Waals surface area contributed by atoms with E-state index in [1.165, 1.54) is 6.07 Å². The number of carbonyl (C=O) groups excluding carboxylic acids is 1. The zero-order chi connectivity index (χ0) is 23.5. The molecule has 2 heterocycles. The lowest BCUT2D eigenvalue weighted by atomic mass is 10.2. The van der Waals surface area contributed by atoms with Gasteiger partial charge in [-0.05, 0) is 49.4 Å². The molecule has 0 aliphatic heterocycles. The van der Waals surface area contributed by atoms with Crippen molar-refractivity contribution in [2.45, 2.75) is 20.1 Å². The van der Waals surface area contributed by atoms with E-state index in [2.05, 4.69) is 26.3 Å². The van der Waals surface area contributed by atoms with E-state index in [9.17, 15) is 9.18 Å². The maximum absolute atomic E-state index is 14.1. The summed E-state index contributed by atoms with van der Waals surface area (Å²) in [6.45, 7) is 2.03. The minimum absolute atomic E-state index is 0.0971. The zero-order valence-corrected chi connectivity index (χ0v) is 20.3. The number of aryl methyl sites for hydroxylation is 1. The molecule has 10 heteroatoms. The monoisotopic (exact) mass is 551 g/mol. The fourth-order valence-electron chi connectivity index (χ4n) is 3.06. The average molecular weight is 553 g/mol. The molecule has 1 amide bonds. The van der Waals surface area contributed by atoms with Gasteiger partial charge >= 0.3 is 0 Å². The van der Waals surface area contributed by atoms with Gasteiger partial charge in [0.15, 0.2) is 11.6 Å². The molecule has 170 valence electrons. The highest BCUT2D eigenvalue weighted by Gasteiger charge is 2.16. The summed E-state index contributed by atoms with van der Waals surface area (Å²) in [6.07, 6.45) is 0. The van der Waals surface area contributed by atoms with Gasteiger partial charge in [-0.25, -0.2) is 4.39 Å². The van der Waals surface area contributed by atoms with E-state index in [1.807, 2.05) is 6.07 Å². The number of nitrogens with one attached hydrogen (secondary N) is 1. The van der Waals surface area contributed by atoms with Crippen LogP contribution in [0, 0.1) is 12.7 Å². The van der Waals surface area contributed by atoms with E-state index < -0.39 is 11.7 Å². The first-order valence-corrected chi connectivity index (χ1v) is 11.3. The van der Waals surface area contributed by atoms with Crippen molar-refractivity contribution in [3.05, 3.63) is 97.7 Å². The van der Waals surface area contributed by atoms with Crippen LogP contribution in [-0.4, -0.2) is 15.7 Å². The summed E-state index contributed by atoms with van der Waals surface area (Å²) in [5, 5.41) is 7.77. The van der Waals surface area contributed by atoms with Crippen molar-refractivity contribution in [2.75, 3.05) is 5.32 Å². The molecule has 4 aromatic rings. The number of amides is 1. The topological polar surface area (TPSA) is 69.3 Å². The van der Waals surface area contributed by atoms with E-state index >= 15 is 0 Å². The molecule has 0 saturated carbocycles. The summed E-state index contributed by atoms with van der Waals surface area (Å²) in [7, 11) is 0. The minimum Gasteiger partial charge on any atom is -0.484 e. The van der Waals surface area contributed by atoms with Gasteiger partial charge in [0.05, 0.1) is 11.6 Å². The maximum atomic E-state index is 14.1. The first-order chi connectivity index (χ1) is 15.8. The lowest BCUT2D eigenvalue weighted by molar-refractivity contribution is 0.0992. The third kappa shape index (κ3) is 5.58. The Bertz CT molecular complexity index is 1300. The van der Waals surface area contributed by atoms with Crippen molar-refractivity contribution >= 4 is 50.9 Å². The maximum Gasteiger partial charge on any atom is 0.292 e. The molecule has 33 heavy (non-hydrogen) atoms. The quantitative estimate of drug-likeness (QED) is 0.271. The number of furan rings is 1. The van der Waals surface area contributed by atoms with Crippen LogP contribution >= 0.6 is 39.1 Å². The Morgan fingerprint density at radius 1 is 1.18 bits per heavy atom. The summed E-state index contributed by atoms with van der Waals surface area (Å²) in [5.74, 6) is 0.461. The van der Waals surface area contributed by atoms with Crippen LogP contribution in [-0.2, 0) is 13.2 Å². The fourth-order valence-corrected chi connectivity index (χ4v) is 4.01. The van der Waals surface area contributed by atoms with E-state index in [-0.39, 0.29) is 18.9 Å². The third-order valence-corrected chi connectivity index (χ3v) is 5.88. The fraction of sp³-hybridized carbons (Fsp3) is 0.130. The molecule has 0 unspecified atom stereocenters. The van der Waals surface area contributed by atoms with Crippen LogP contribution < -0.4 is 10.1 Å². The van der Waals surface area contributed by atoms with Crippen molar-refractivity contribution in [3.8, 4) is 5.75 Å². The number of hydrogen-bond donors (Lipinski definition) is 1. The number of benzene rings is 2. The number of halogens is 4. The summed E-state index contributed by atoms with van der Waals surface area (Å²) in [5.41, 5.74) is 1.05. The number of carbonyl (C=O) groups is 1. The Kier molecular flexibility index (Phi) is 7.07. The Morgan fingerprint density at radius 2 is 2.00 bits per heavy atom. The normalized spacial score (nSPS) is 10.9. The van der Waals surface area contributed by atoms with Crippen LogP contribution in [0.2, 0.25) is 10.0 Å². The van der Waals surface area contributed by atoms with Gasteiger partial charge < -0.3 is 14.5 Å². The van der Waals surface area contributed by atoms with E-state index in [4.69, 9.17) is 32.4 Å². The highest BCUT2D eigenvalue weighted by Crippen LogP contribution is 2.28. The largest absolute Gasteiger partial charge is 0.484 e. The van der Waals surface area contributed by atoms with Gasteiger partial charge in [-0.3, -0.25) is 9.48 Å². The van der Waals surface area contributed by atoms with Crippen LogP contribution in [0.4, 0.5) is 10.2 Å². The second kappa shape index (κ2) is 9.99. The molecule has 2 aromatic carbocycles. The molecular weight excluding hydrogens is 536 g/mol. The molecule has 0 atom stereocenters. The molecule has 0 saturated heterocycles. The molecule has 1 N–H and O–H groups in total. The van der Waals surface area contributed by atoms with Crippen molar-refractivity contribution in [3.63, 3.8) is 0 Å². The lowest BCUT2D eigenvalue weighted by Crippen LogP contribution is -2.12. The van der Waals surface area contributed by atoms with E-state index in [0.717, 1.165) is 10.2 Å². The minimum atomic E-state index is -0.475. The number of nitrogens with zero attached hydrogens (tertiary/aromatic N) is 2. The standard InChI is InChI=1S/C23H17BrCl2FN3O3/c1-13-9-22(29-30(13)11-16-17(25)3-2-4-19(16)27)28-23(31)21-8-6-15(33-21)12-32-20-7-5-14(24)10-18(20)26/h2-10H,11-12H2,1H3,(H,28,29,31). The second-order valence-corrected chi connectivity index (χ2v) is 8.84. The molecule has 0 bridgehead atoms. The van der Waals surface area contributed by atoms with Gasteiger partial charge in [-0.1, -0.05) is 45.2 Å². The molecule has 4 rings (SSSR count). The van der Waals surface area contributed by atoms with E-state index in [1.54, 1.807) is 54.1 Å². The highest BCUT2D eigenvalue weighted by molar-refractivity contribution is 9.10. The Hall–Kier alpha value is -2.81. The molecule has 6 nitrogen and oxygen atoms in total. The number of ether oxygens (including phenoxy) is 1. The number of rotatable bonds is 7. The van der Waals surface area contributed by atoms with Gasteiger partial charge in [-0.15, -0.1) is 0 Å². The van der Waals surface area contributed by atoms with Crippen LogP contribution in [0.15, 0.2) is 63.5 Å². The number of anilines is 1. The first kappa shape index (κ1) is 23.4. The van der Waals surface area contributed by atoms with Crippen LogP contribution in [0.25, 0.3) is 0 Å². The summed E-state index contributed by atoms with van der Waals surface area (Å²) in [6, 6.07) is 14.6. The van der Waals surface area contributed by atoms with Crippen molar-refractivity contribution in [2.24, 2.45) is 0 Å². The average Bonchev–Trinajstić information content (AvgIpc) is 3.37. The predicted molar refractivity (Wildman–Crippen MR) is 128 cm³/mol. The van der Waals surface area contributed by atoms with Gasteiger partial charge in [0.2, 0.25) is 0 Å². The summed E-state index contributed by atoms with van der Waals surface area (Å²) >= 11 is 15.6. The van der Waals surface area contributed by atoms with Gasteiger partial charge in [0.25, 0.3) is 5.91 Å². The molecule has 0 spiro atoms. The van der Waals surface area contributed by atoms with Crippen molar-refractivity contribution < 1.29 is 18.3 Å². The molecule has 0 aliphatic carbocycles. The SMILES string of the molecule is Cc1cc(NC(=O)c2ccc(COc3ccc(Br)cc3Cl)o2)nn1Cc1c(F)cccc1Cl. The zero-order valence-electron chi connectivity index (χ0n) is 17.2. The number of hydrogen-bond acceptors (Lipinski definition) is 4. The van der Waals surface area contributed by atoms with Crippen LogP contribution in [0.5, 0.6) is 5.75 Å². The Labute approximate surface area is 207 Å². The van der Waals surface area contributed by atoms with Crippen molar-refractivity contribution in [1.82, 2.24) is 9.78 Å². The Morgan fingerprint density at radius 3 is 2.76 bits per heavy atom. The summed E-state index contributed by atoms with van der Waals surface area (Å²) in [4.78, 5) is 12.6. The van der Waals surface area contributed by atoms with Crippen molar-refractivity contribution in [1.29, 1.82) is 0 Å². The van der Waals surface area contributed by atoms with Crippen LogP contribution in [0.3, 0.4) is 0 Å². The third-order valence-electron chi connectivity index (χ3n) is 4.74. The smallest absolute Gasteiger partial charge is 0.292 e. The van der Waals surface area contributed by atoms with E-state index in [0.29, 0.717) is 32.9 Å². The molecule has 2 aromatic heterocycles. The van der Waals surface area contributed by atoms with Gasteiger partial charge in [0.1, 0.15) is 23.9 Å². The Balaban J connectivity index is 1.40. The number of aromatic nitrogens is 2. The van der Waals surface area contributed by atoms with Gasteiger partial charge in [-0.2, -0.15) is 5.10 Å².